The minimum absolute atomic E-state index is 0.134. The normalized spacial score (nSPS) is 18.3. The molecule has 0 saturated carbocycles. The third-order valence-electron chi connectivity index (χ3n) is 15.2. The summed E-state index contributed by atoms with van der Waals surface area (Å²) >= 11 is 0. The van der Waals surface area contributed by atoms with Gasteiger partial charge in [0.2, 0.25) is 0 Å². The molecule has 7 aromatic carbocycles. The lowest BCUT2D eigenvalue weighted by molar-refractivity contribution is -0.330. The number of ether oxygens (including phenoxy) is 9. The van der Waals surface area contributed by atoms with E-state index in [0.717, 1.165) is 58.2 Å². The zero-order valence-corrected chi connectivity index (χ0v) is 49.5. The van der Waals surface area contributed by atoms with E-state index in [0.29, 0.717) is 13.2 Å². The topological polar surface area (TPSA) is 132 Å². The first-order valence-electron chi connectivity index (χ1n) is 30.7. The van der Waals surface area contributed by atoms with Gasteiger partial charge in [-0.15, -0.1) is 0 Å². The van der Waals surface area contributed by atoms with Crippen molar-refractivity contribution >= 4 is 0 Å². The van der Waals surface area contributed by atoms with Gasteiger partial charge in [0.05, 0.1) is 71.6 Å². The molecule has 0 spiro atoms. The minimum atomic E-state index is -1.09. The summed E-state index contributed by atoms with van der Waals surface area (Å²) < 4.78 is 63.0. The maximum absolute atomic E-state index is 10.7. The van der Waals surface area contributed by atoms with Crippen LogP contribution < -0.4 is 0 Å². The molecule has 1 fully saturated rings. The van der Waals surface area contributed by atoms with E-state index < -0.39 is 55.1 Å². The average Bonchev–Trinajstić information content (AvgIpc) is 3.56. The number of hydrogen-bond acceptors (Lipinski definition) is 10. The Morgan fingerprint density at radius 1 is 0.435 bits per heavy atom. The molecule has 1 aliphatic rings. The molecule has 9 atom stereocenters. The maximum atomic E-state index is 10.7. The van der Waals surface area contributed by atoms with Gasteiger partial charge in [-0.3, -0.25) is 0 Å². The highest BCUT2D eigenvalue weighted by atomic mass is 16.7. The summed E-state index contributed by atoms with van der Waals surface area (Å²) in [6, 6.07) is 69.3. The van der Waals surface area contributed by atoms with E-state index in [1.54, 1.807) is 0 Å². The molecular weight excluding hydrogens is 1060 g/mol. The molecule has 0 aliphatic carbocycles. The van der Waals surface area contributed by atoms with Crippen molar-refractivity contribution in [3.63, 3.8) is 0 Å². The number of hydrogen-bond donors (Lipinski definition) is 0. The van der Waals surface area contributed by atoms with Gasteiger partial charge in [-0.25, -0.2) is 0 Å². The van der Waals surface area contributed by atoms with Crippen LogP contribution in [0.4, 0.5) is 0 Å². The Kier molecular flexibility index (Phi) is 29.0. The minimum Gasteiger partial charge on any atom is -0.374 e. The first kappa shape index (κ1) is 64.2. The van der Waals surface area contributed by atoms with Gasteiger partial charge in [-0.1, -0.05) is 288 Å². The summed E-state index contributed by atoms with van der Waals surface area (Å²) in [5.74, 6) is 0. The number of benzene rings is 7. The van der Waals surface area contributed by atoms with Gasteiger partial charge in [-0.05, 0) is 57.3 Å². The molecule has 12 nitrogen and oxygen atoms in total. The molecule has 0 bridgehead atoms. The number of unbranched alkanes of at least 4 members (excludes halogenated alkanes) is 9. The van der Waals surface area contributed by atoms with Crippen molar-refractivity contribution in [2.45, 2.75) is 172 Å². The summed E-state index contributed by atoms with van der Waals surface area (Å²) in [6.07, 6.45) is 9.80. The Hall–Kier alpha value is -6.77. The van der Waals surface area contributed by atoms with Crippen molar-refractivity contribution in [1.82, 2.24) is 0 Å². The van der Waals surface area contributed by atoms with E-state index in [-0.39, 0.29) is 46.2 Å². The fourth-order valence-corrected chi connectivity index (χ4v) is 10.5. The van der Waals surface area contributed by atoms with Crippen molar-refractivity contribution < 1.29 is 42.6 Å². The standard InChI is InChI=1S/C73H87N3O9/c1-2-3-4-5-6-7-8-9-10-11-33-48-66(78-50-59-36-21-13-22-37-59)69(80-52-61-40-25-15-26-41-61)68(79-51-60-38-23-14-24-39-60)65(75-76-74)56-84-73-72(83-55-64-46-31-18-32-47-64)71(82-54-63-44-29-17-30-45-63)70(81-53-62-42-27-16-28-43-62)67(85-73)57-77-49-58-34-19-12-20-35-58/h12-48,65-73H,2-11,49-57H2,1H3/b48-33-/t65-,66+,67+,68-,69+,70-,71-,72+,73-/m0/s1. The molecule has 1 saturated heterocycles. The smallest absolute Gasteiger partial charge is 0.186 e. The molecule has 1 aliphatic heterocycles. The van der Waals surface area contributed by atoms with Gasteiger partial charge in [0.1, 0.15) is 36.6 Å². The zero-order chi connectivity index (χ0) is 58.6. The predicted molar refractivity (Wildman–Crippen MR) is 335 cm³/mol. The molecule has 0 unspecified atom stereocenters. The second-order valence-electron chi connectivity index (χ2n) is 21.8. The largest absolute Gasteiger partial charge is 0.374 e. The van der Waals surface area contributed by atoms with Crippen LogP contribution in [0.3, 0.4) is 0 Å². The molecule has 0 aromatic heterocycles. The van der Waals surface area contributed by atoms with E-state index in [2.05, 4.69) is 41.2 Å². The predicted octanol–water partition coefficient (Wildman–Crippen LogP) is 16.6. The van der Waals surface area contributed by atoms with Gasteiger partial charge < -0.3 is 42.6 Å². The zero-order valence-electron chi connectivity index (χ0n) is 49.5. The quantitative estimate of drug-likeness (QED) is 0.0121. The molecule has 8 rings (SSSR count). The van der Waals surface area contributed by atoms with Crippen molar-refractivity contribution in [2.24, 2.45) is 5.11 Å². The van der Waals surface area contributed by atoms with Crippen molar-refractivity contribution in [3.05, 3.63) is 274 Å². The lowest BCUT2D eigenvalue weighted by Gasteiger charge is -2.46. The maximum Gasteiger partial charge on any atom is 0.186 e. The lowest BCUT2D eigenvalue weighted by atomic mass is 9.97. The molecule has 1 heterocycles. The van der Waals surface area contributed by atoms with Gasteiger partial charge in [-0.2, -0.15) is 0 Å². The van der Waals surface area contributed by atoms with Crippen LogP contribution in [0.25, 0.3) is 10.4 Å². The highest BCUT2D eigenvalue weighted by Crippen LogP contribution is 2.33. The lowest BCUT2D eigenvalue weighted by Crippen LogP contribution is -2.62. The Labute approximate surface area is 505 Å². The second-order valence-corrected chi connectivity index (χ2v) is 21.8. The number of azide groups is 1. The molecule has 448 valence electrons. The third-order valence-corrected chi connectivity index (χ3v) is 15.2. The highest BCUT2D eigenvalue weighted by molar-refractivity contribution is 5.19. The SMILES string of the molecule is CCCCCCCCCCC/C=C\[C@@H](OCc1ccccc1)[C@@H](OCc1ccccc1)[C@@H](OCc1ccccc1)[C@H](CO[C@H]1O[C@H](COCc2ccccc2)[C@H](OCc2ccccc2)[C@H](OCc2ccccc2)[C@H]1OCc1ccccc1)N=[N+]=[N-]. The van der Waals surface area contributed by atoms with Crippen LogP contribution in [-0.2, 0) is 88.9 Å². The Balaban J connectivity index is 1.14. The van der Waals surface area contributed by atoms with E-state index in [9.17, 15) is 5.53 Å². The van der Waals surface area contributed by atoms with E-state index in [1.165, 1.54) is 44.9 Å². The van der Waals surface area contributed by atoms with Crippen LogP contribution >= 0.6 is 0 Å². The number of allylic oxidation sites excluding steroid dienone is 1. The molecule has 12 heteroatoms. The highest BCUT2D eigenvalue weighted by Gasteiger charge is 2.50. The van der Waals surface area contributed by atoms with Crippen LogP contribution in [0.5, 0.6) is 0 Å². The van der Waals surface area contributed by atoms with E-state index >= 15 is 0 Å². The van der Waals surface area contributed by atoms with Gasteiger partial charge >= 0.3 is 0 Å². The molecule has 7 aromatic rings. The van der Waals surface area contributed by atoms with Gasteiger partial charge in [0.25, 0.3) is 0 Å². The third kappa shape index (κ3) is 22.9. The monoisotopic (exact) mass is 1150 g/mol. The van der Waals surface area contributed by atoms with Gasteiger partial charge in [0, 0.05) is 4.91 Å². The molecule has 0 radical (unpaired) electrons. The summed E-state index contributed by atoms with van der Waals surface area (Å²) in [5.41, 5.74) is 17.5. The summed E-state index contributed by atoms with van der Waals surface area (Å²) in [7, 11) is 0. The first-order valence-corrected chi connectivity index (χ1v) is 30.7. The van der Waals surface area contributed by atoms with E-state index in [4.69, 9.17) is 42.6 Å². The van der Waals surface area contributed by atoms with Crippen LogP contribution in [-0.4, -0.2) is 68.3 Å². The number of nitrogens with zero attached hydrogens (tertiary/aromatic N) is 3. The Morgan fingerprint density at radius 3 is 1.28 bits per heavy atom. The van der Waals surface area contributed by atoms with E-state index in [1.807, 2.05) is 200 Å². The van der Waals surface area contributed by atoms with Crippen LogP contribution in [0.2, 0.25) is 0 Å². The van der Waals surface area contributed by atoms with Crippen molar-refractivity contribution in [1.29, 1.82) is 0 Å². The summed E-state index contributed by atoms with van der Waals surface area (Å²) in [4.78, 5) is 3.50. The van der Waals surface area contributed by atoms with Gasteiger partial charge in [0.15, 0.2) is 6.29 Å². The molecular formula is C73H87N3O9. The fraction of sp³-hybridized carbons (Fsp3) is 0.397. The Morgan fingerprint density at radius 2 is 0.824 bits per heavy atom. The fourth-order valence-electron chi connectivity index (χ4n) is 10.5. The van der Waals surface area contributed by atoms with Crippen LogP contribution in [0.1, 0.15) is 110 Å². The van der Waals surface area contributed by atoms with Crippen LogP contribution in [0, 0.1) is 0 Å². The number of rotatable bonds is 40. The Bertz CT molecular complexity index is 2890. The first-order chi connectivity index (χ1) is 42.1. The summed E-state index contributed by atoms with van der Waals surface area (Å²) in [5, 5.41) is 4.55. The molecule has 0 N–H and O–H groups in total. The molecule has 85 heavy (non-hydrogen) atoms. The van der Waals surface area contributed by atoms with Crippen LogP contribution in [0.15, 0.2) is 230 Å². The van der Waals surface area contributed by atoms with Crippen molar-refractivity contribution in [2.75, 3.05) is 13.2 Å². The average molecular weight is 1150 g/mol. The molecule has 0 amide bonds. The second kappa shape index (κ2) is 38.3. The summed E-state index contributed by atoms with van der Waals surface area (Å²) in [6.45, 7) is 4.02. The van der Waals surface area contributed by atoms with Crippen molar-refractivity contribution in [3.8, 4) is 0 Å².